The summed E-state index contributed by atoms with van der Waals surface area (Å²) >= 11 is 0. The summed E-state index contributed by atoms with van der Waals surface area (Å²) in [7, 11) is 0. The Hall–Kier alpha value is -2.64. The topological polar surface area (TPSA) is 35.5 Å². The van der Waals surface area contributed by atoms with E-state index in [2.05, 4.69) is 4.74 Å². The van der Waals surface area contributed by atoms with E-state index in [0.717, 1.165) is 31.4 Å². The van der Waals surface area contributed by atoms with Crippen LogP contribution in [0.2, 0.25) is 0 Å². The van der Waals surface area contributed by atoms with Crippen LogP contribution in [-0.4, -0.2) is 24.9 Å². The number of alkyl halides is 3. The van der Waals surface area contributed by atoms with E-state index in [0.29, 0.717) is 24.3 Å². The minimum atomic E-state index is -4.79. The highest BCUT2D eigenvalue weighted by atomic mass is 19.4. The van der Waals surface area contributed by atoms with Gasteiger partial charge in [0.15, 0.2) is 17.7 Å². The number of ether oxygens (including phenoxy) is 2. The molecule has 0 saturated carbocycles. The molecule has 0 bridgehead atoms. The summed E-state index contributed by atoms with van der Waals surface area (Å²) < 4.78 is 78.8. The van der Waals surface area contributed by atoms with E-state index in [1.807, 2.05) is 6.92 Å². The lowest BCUT2D eigenvalue weighted by Gasteiger charge is -2.21. The molecule has 0 aliphatic carbocycles. The number of halogens is 5. The van der Waals surface area contributed by atoms with Gasteiger partial charge in [-0.1, -0.05) is 50.8 Å². The fourth-order valence-corrected chi connectivity index (χ4v) is 3.24. The van der Waals surface area contributed by atoms with Gasteiger partial charge < -0.3 is 9.47 Å². The Labute approximate surface area is 184 Å². The molecule has 0 aromatic heterocycles. The van der Waals surface area contributed by atoms with Crippen molar-refractivity contribution in [2.75, 3.05) is 6.61 Å². The lowest BCUT2D eigenvalue weighted by Crippen LogP contribution is -2.34. The highest BCUT2D eigenvalue weighted by Gasteiger charge is 2.42. The van der Waals surface area contributed by atoms with Crippen molar-refractivity contribution in [2.45, 2.75) is 64.7 Å². The standard InChI is InChI=1S/C24H27F5O3/c1-3-5-6-7-8-9-20(24(27,28)29)32-23(30)19-15-14-18(21(25)22(19)26)16-10-12-17(13-11-16)31-4-2/h10-15,20H,3-9H2,1-2H3. The quantitative estimate of drug-likeness (QED) is 0.199. The van der Waals surface area contributed by atoms with Gasteiger partial charge in [-0.3, -0.25) is 0 Å². The van der Waals surface area contributed by atoms with Gasteiger partial charge in [0.05, 0.1) is 12.2 Å². The maximum atomic E-state index is 14.6. The molecule has 0 N–H and O–H groups in total. The van der Waals surface area contributed by atoms with Gasteiger partial charge in [-0.15, -0.1) is 0 Å². The van der Waals surface area contributed by atoms with Crippen molar-refractivity contribution in [2.24, 2.45) is 0 Å². The highest BCUT2D eigenvalue weighted by molar-refractivity contribution is 5.90. The summed E-state index contributed by atoms with van der Waals surface area (Å²) in [5.74, 6) is -3.89. The number of esters is 1. The monoisotopic (exact) mass is 458 g/mol. The molecule has 176 valence electrons. The molecule has 1 unspecified atom stereocenters. The van der Waals surface area contributed by atoms with Crippen LogP contribution >= 0.6 is 0 Å². The van der Waals surface area contributed by atoms with Gasteiger partial charge in [0, 0.05) is 5.56 Å². The second-order valence-electron chi connectivity index (χ2n) is 7.38. The molecule has 0 aliphatic rings. The van der Waals surface area contributed by atoms with Crippen molar-refractivity contribution < 1.29 is 36.2 Å². The van der Waals surface area contributed by atoms with Crippen LogP contribution in [0, 0.1) is 11.6 Å². The molecule has 0 aliphatic heterocycles. The number of carbonyl (C=O) groups excluding carboxylic acids is 1. The number of hydrogen-bond donors (Lipinski definition) is 0. The Morgan fingerprint density at radius 3 is 2.16 bits per heavy atom. The Kier molecular flexibility index (Phi) is 9.47. The number of unbranched alkanes of at least 4 members (excludes halogenated alkanes) is 4. The number of hydrogen-bond acceptors (Lipinski definition) is 3. The Bertz CT molecular complexity index is 878. The predicted molar refractivity (Wildman–Crippen MR) is 112 cm³/mol. The highest BCUT2D eigenvalue weighted by Crippen LogP contribution is 2.31. The van der Waals surface area contributed by atoms with Gasteiger partial charge in [-0.25, -0.2) is 13.6 Å². The van der Waals surface area contributed by atoms with Crippen LogP contribution < -0.4 is 4.74 Å². The Balaban J connectivity index is 2.15. The minimum Gasteiger partial charge on any atom is -0.494 e. The SMILES string of the molecule is CCCCCCCC(OC(=O)c1ccc(-c2ccc(OCC)cc2)c(F)c1F)C(F)(F)F. The first-order valence-corrected chi connectivity index (χ1v) is 10.7. The van der Waals surface area contributed by atoms with Crippen LogP contribution in [0.3, 0.4) is 0 Å². The van der Waals surface area contributed by atoms with Crippen molar-refractivity contribution in [3.63, 3.8) is 0 Å². The summed E-state index contributed by atoms with van der Waals surface area (Å²) in [6, 6.07) is 8.25. The molecular weight excluding hydrogens is 431 g/mol. The molecule has 2 aromatic carbocycles. The molecule has 2 aromatic rings. The fraction of sp³-hybridized carbons (Fsp3) is 0.458. The zero-order valence-corrected chi connectivity index (χ0v) is 18.1. The smallest absolute Gasteiger partial charge is 0.425 e. The molecule has 0 amide bonds. The second kappa shape index (κ2) is 11.8. The van der Waals surface area contributed by atoms with Crippen molar-refractivity contribution in [3.8, 4) is 16.9 Å². The van der Waals surface area contributed by atoms with Gasteiger partial charge in [0.25, 0.3) is 0 Å². The predicted octanol–water partition coefficient (Wildman–Crippen LogP) is 7.48. The second-order valence-corrected chi connectivity index (χ2v) is 7.38. The largest absolute Gasteiger partial charge is 0.494 e. The maximum absolute atomic E-state index is 14.6. The fourth-order valence-electron chi connectivity index (χ4n) is 3.24. The molecule has 8 heteroatoms. The third-order valence-electron chi connectivity index (χ3n) is 4.96. The van der Waals surface area contributed by atoms with Crippen molar-refractivity contribution in [3.05, 3.63) is 53.6 Å². The molecule has 0 saturated heterocycles. The van der Waals surface area contributed by atoms with E-state index >= 15 is 0 Å². The third kappa shape index (κ3) is 6.93. The number of rotatable bonds is 11. The Morgan fingerprint density at radius 2 is 1.56 bits per heavy atom. The average molecular weight is 458 g/mol. The third-order valence-corrected chi connectivity index (χ3v) is 4.96. The van der Waals surface area contributed by atoms with Gasteiger partial charge in [-0.05, 0) is 43.5 Å². The van der Waals surface area contributed by atoms with E-state index in [4.69, 9.17) is 4.74 Å². The summed E-state index contributed by atoms with van der Waals surface area (Å²) in [4.78, 5) is 12.2. The van der Waals surface area contributed by atoms with E-state index in [1.165, 1.54) is 12.1 Å². The molecule has 0 heterocycles. The molecule has 3 nitrogen and oxygen atoms in total. The lowest BCUT2D eigenvalue weighted by atomic mass is 10.0. The van der Waals surface area contributed by atoms with Gasteiger partial charge >= 0.3 is 12.1 Å². The first-order valence-electron chi connectivity index (χ1n) is 10.7. The van der Waals surface area contributed by atoms with Crippen LogP contribution in [0.15, 0.2) is 36.4 Å². The first kappa shape index (κ1) is 25.6. The van der Waals surface area contributed by atoms with Crippen LogP contribution in [0.25, 0.3) is 11.1 Å². The Morgan fingerprint density at radius 1 is 0.906 bits per heavy atom. The molecular formula is C24H27F5O3. The summed E-state index contributed by atoms with van der Waals surface area (Å²) in [6.07, 6.45) is -4.18. The van der Waals surface area contributed by atoms with Crippen molar-refractivity contribution in [1.82, 2.24) is 0 Å². The lowest BCUT2D eigenvalue weighted by molar-refractivity contribution is -0.206. The zero-order chi connectivity index (χ0) is 23.7. The molecule has 0 fully saturated rings. The zero-order valence-electron chi connectivity index (χ0n) is 18.1. The van der Waals surface area contributed by atoms with Gasteiger partial charge in [0.1, 0.15) is 5.75 Å². The molecule has 0 spiro atoms. The summed E-state index contributed by atoms with van der Waals surface area (Å²) in [5, 5.41) is 0. The first-order chi connectivity index (χ1) is 15.2. The normalized spacial score (nSPS) is 12.5. The number of benzene rings is 2. The van der Waals surface area contributed by atoms with Crippen LogP contribution in [0.1, 0.15) is 62.7 Å². The number of carbonyl (C=O) groups is 1. The molecule has 0 radical (unpaired) electrons. The summed E-state index contributed by atoms with van der Waals surface area (Å²) in [6.45, 7) is 4.22. The van der Waals surface area contributed by atoms with Crippen molar-refractivity contribution >= 4 is 5.97 Å². The minimum absolute atomic E-state index is 0.134. The van der Waals surface area contributed by atoms with Gasteiger partial charge in [-0.2, -0.15) is 13.2 Å². The van der Waals surface area contributed by atoms with E-state index in [-0.39, 0.29) is 12.0 Å². The van der Waals surface area contributed by atoms with Crippen LogP contribution in [0.4, 0.5) is 22.0 Å². The summed E-state index contributed by atoms with van der Waals surface area (Å²) in [5.41, 5.74) is -0.687. The van der Waals surface area contributed by atoms with E-state index in [1.54, 1.807) is 19.1 Å². The molecule has 1 atom stereocenters. The average Bonchev–Trinajstić information content (AvgIpc) is 2.74. The van der Waals surface area contributed by atoms with Crippen molar-refractivity contribution in [1.29, 1.82) is 0 Å². The molecule has 32 heavy (non-hydrogen) atoms. The molecule has 2 rings (SSSR count). The maximum Gasteiger partial charge on any atom is 0.425 e. The van der Waals surface area contributed by atoms with Gasteiger partial charge in [0.2, 0.25) is 0 Å². The van der Waals surface area contributed by atoms with Crippen LogP contribution in [0.5, 0.6) is 5.75 Å². The van der Waals surface area contributed by atoms with E-state index in [9.17, 15) is 26.7 Å². The van der Waals surface area contributed by atoms with E-state index < -0.39 is 41.9 Å². The van der Waals surface area contributed by atoms with Crippen LogP contribution in [-0.2, 0) is 4.74 Å².